The Labute approximate surface area is 120 Å². The summed E-state index contributed by atoms with van der Waals surface area (Å²) in [4.78, 5) is 0. The van der Waals surface area contributed by atoms with Gasteiger partial charge in [-0.25, -0.2) is 0 Å². The van der Waals surface area contributed by atoms with Gasteiger partial charge in [-0.1, -0.05) is 43.0 Å². The van der Waals surface area contributed by atoms with E-state index in [4.69, 9.17) is 16.3 Å². The van der Waals surface area contributed by atoms with Crippen molar-refractivity contribution in [3.05, 3.63) is 34.3 Å². The van der Waals surface area contributed by atoms with Crippen molar-refractivity contribution in [2.24, 2.45) is 0 Å². The van der Waals surface area contributed by atoms with E-state index in [1.807, 2.05) is 25.1 Å². The molecule has 0 heterocycles. The summed E-state index contributed by atoms with van der Waals surface area (Å²) in [6.45, 7) is 2.02. The average Bonchev–Trinajstić information content (AvgIpc) is 2.42. The highest BCUT2D eigenvalue weighted by atomic mass is 35.5. The molecule has 0 bridgehead atoms. The quantitative estimate of drug-likeness (QED) is 0.907. The summed E-state index contributed by atoms with van der Waals surface area (Å²) in [7, 11) is 1.71. The topological polar surface area (TPSA) is 29.5 Å². The van der Waals surface area contributed by atoms with Crippen LogP contribution < -0.4 is 0 Å². The Morgan fingerprint density at radius 3 is 2.58 bits per heavy atom. The molecular weight excluding hydrogens is 260 g/mol. The first-order valence-corrected chi connectivity index (χ1v) is 7.43. The van der Waals surface area contributed by atoms with E-state index in [-0.39, 0.29) is 5.60 Å². The van der Waals surface area contributed by atoms with Crippen LogP contribution in [-0.4, -0.2) is 23.9 Å². The molecule has 1 saturated carbocycles. The number of hydrogen-bond acceptors (Lipinski definition) is 2. The fourth-order valence-corrected chi connectivity index (χ4v) is 3.35. The van der Waals surface area contributed by atoms with Crippen LogP contribution in [0, 0.1) is 6.92 Å². The molecule has 1 fully saturated rings. The Balaban J connectivity index is 2.12. The van der Waals surface area contributed by atoms with E-state index in [0.717, 1.165) is 41.8 Å². The van der Waals surface area contributed by atoms with Crippen molar-refractivity contribution in [3.63, 3.8) is 0 Å². The number of aryl methyl sites for hydroxylation is 1. The number of ether oxygens (including phenoxy) is 1. The van der Waals surface area contributed by atoms with Crippen molar-refractivity contribution in [2.75, 3.05) is 7.11 Å². The SMILES string of the molecule is COC1(C(O)Cc2ccc(C)cc2Cl)CCCCC1. The van der Waals surface area contributed by atoms with E-state index in [2.05, 4.69) is 0 Å². The van der Waals surface area contributed by atoms with Gasteiger partial charge in [0.25, 0.3) is 0 Å². The van der Waals surface area contributed by atoms with Crippen LogP contribution in [0.1, 0.15) is 43.2 Å². The van der Waals surface area contributed by atoms with Gasteiger partial charge >= 0.3 is 0 Å². The zero-order valence-electron chi connectivity index (χ0n) is 11.8. The van der Waals surface area contributed by atoms with Gasteiger partial charge in [0.15, 0.2) is 0 Å². The molecule has 19 heavy (non-hydrogen) atoms. The summed E-state index contributed by atoms with van der Waals surface area (Å²) < 4.78 is 5.68. The molecule has 0 amide bonds. The minimum Gasteiger partial charge on any atom is -0.390 e. The van der Waals surface area contributed by atoms with E-state index < -0.39 is 6.10 Å². The zero-order valence-corrected chi connectivity index (χ0v) is 12.5. The maximum Gasteiger partial charge on any atom is 0.0939 e. The third kappa shape index (κ3) is 3.31. The molecule has 106 valence electrons. The zero-order chi connectivity index (χ0) is 13.9. The number of hydrogen-bond donors (Lipinski definition) is 1. The van der Waals surface area contributed by atoms with Crippen molar-refractivity contribution in [3.8, 4) is 0 Å². The van der Waals surface area contributed by atoms with Crippen molar-refractivity contribution in [1.82, 2.24) is 0 Å². The van der Waals surface area contributed by atoms with E-state index >= 15 is 0 Å². The van der Waals surface area contributed by atoms with Crippen LogP contribution in [0.2, 0.25) is 5.02 Å². The van der Waals surface area contributed by atoms with E-state index in [9.17, 15) is 5.11 Å². The highest BCUT2D eigenvalue weighted by Crippen LogP contribution is 2.36. The number of methoxy groups -OCH3 is 1. The summed E-state index contributed by atoms with van der Waals surface area (Å²) in [5.41, 5.74) is 1.76. The minimum absolute atomic E-state index is 0.382. The Morgan fingerprint density at radius 1 is 1.32 bits per heavy atom. The smallest absolute Gasteiger partial charge is 0.0939 e. The lowest BCUT2D eigenvalue weighted by Gasteiger charge is -2.40. The van der Waals surface area contributed by atoms with Crippen LogP contribution in [-0.2, 0) is 11.2 Å². The third-order valence-electron chi connectivity index (χ3n) is 4.34. The molecule has 3 heteroatoms. The maximum absolute atomic E-state index is 10.6. The molecule has 0 aliphatic heterocycles. The molecule has 1 aromatic rings. The first-order chi connectivity index (χ1) is 9.07. The Kier molecular flexibility index (Phi) is 4.88. The van der Waals surface area contributed by atoms with E-state index in [1.165, 1.54) is 6.42 Å². The van der Waals surface area contributed by atoms with Crippen LogP contribution in [0.5, 0.6) is 0 Å². The fourth-order valence-electron chi connectivity index (χ4n) is 3.04. The molecule has 0 saturated heterocycles. The molecule has 1 atom stereocenters. The number of rotatable bonds is 4. The Morgan fingerprint density at radius 2 is 2.00 bits per heavy atom. The average molecular weight is 283 g/mol. The maximum atomic E-state index is 10.6. The number of aliphatic hydroxyl groups excluding tert-OH is 1. The van der Waals surface area contributed by atoms with E-state index in [1.54, 1.807) is 7.11 Å². The highest BCUT2D eigenvalue weighted by Gasteiger charge is 2.39. The first-order valence-electron chi connectivity index (χ1n) is 7.06. The monoisotopic (exact) mass is 282 g/mol. The lowest BCUT2D eigenvalue weighted by atomic mass is 9.78. The second kappa shape index (κ2) is 6.25. The summed E-state index contributed by atoms with van der Waals surface area (Å²) in [6.07, 6.45) is 5.45. The van der Waals surface area contributed by atoms with Crippen molar-refractivity contribution >= 4 is 11.6 Å². The predicted molar refractivity (Wildman–Crippen MR) is 78.7 cm³/mol. The van der Waals surface area contributed by atoms with Gasteiger partial charge in [0.05, 0.1) is 11.7 Å². The van der Waals surface area contributed by atoms with Gasteiger partial charge < -0.3 is 9.84 Å². The molecule has 1 aliphatic rings. The van der Waals surface area contributed by atoms with E-state index in [0.29, 0.717) is 6.42 Å². The molecule has 1 aliphatic carbocycles. The molecule has 1 unspecified atom stereocenters. The van der Waals surface area contributed by atoms with Crippen LogP contribution in [0.4, 0.5) is 0 Å². The summed E-state index contributed by atoms with van der Waals surface area (Å²) in [5.74, 6) is 0. The second-order valence-electron chi connectivity index (χ2n) is 5.64. The standard InChI is InChI=1S/C16H23ClO2/c1-12-6-7-13(14(17)10-12)11-15(18)16(19-2)8-4-3-5-9-16/h6-7,10,15,18H,3-5,8-9,11H2,1-2H3. The van der Waals surface area contributed by atoms with Gasteiger partial charge in [-0.05, 0) is 37.0 Å². The Hall–Kier alpha value is -0.570. The molecular formula is C16H23ClO2. The predicted octanol–water partition coefficient (Wildman–Crippen LogP) is 3.90. The molecule has 0 aromatic heterocycles. The van der Waals surface area contributed by atoms with Crippen molar-refractivity contribution < 1.29 is 9.84 Å². The van der Waals surface area contributed by atoms with Gasteiger partial charge in [0.1, 0.15) is 0 Å². The lowest BCUT2D eigenvalue weighted by molar-refractivity contribution is -0.122. The minimum atomic E-state index is -0.488. The van der Waals surface area contributed by atoms with Gasteiger partial charge in [0, 0.05) is 18.6 Å². The molecule has 2 rings (SSSR count). The number of benzene rings is 1. The summed E-state index contributed by atoms with van der Waals surface area (Å²) >= 11 is 6.25. The first kappa shape index (κ1) is 14.8. The number of halogens is 1. The third-order valence-corrected chi connectivity index (χ3v) is 4.69. The molecule has 0 radical (unpaired) electrons. The highest BCUT2D eigenvalue weighted by molar-refractivity contribution is 6.31. The van der Waals surface area contributed by atoms with Gasteiger partial charge in [-0.15, -0.1) is 0 Å². The summed E-state index contributed by atoms with van der Waals surface area (Å²) in [5, 5.41) is 11.3. The molecule has 0 spiro atoms. The van der Waals surface area contributed by atoms with Crippen molar-refractivity contribution in [2.45, 2.75) is 57.2 Å². The van der Waals surface area contributed by atoms with Crippen LogP contribution in [0.3, 0.4) is 0 Å². The van der Waals surface area contributed by atoms with Crippen molar-refractivity contribution in [1.29, 1.82) is 0 Å². The Bertz CT molecular complexity index is 425. The second-order valence-corrected chi connectivity index (χ2v) is 6.05. The normalized spacial score (nSPS) is 20.2. The largest absolute Gasteiger partial charge is 0.390 e. The molecule has 2 nitrogen and oxygen atoms in total. The van der Waals surface area contributed by atoms with Crippen LogP contribution in [0.25, 0.3) is 0 Å². The molecule has 1 aromatic carbocycles. The van der Waals surface area contributed by atoms with Crippen LogP contribution >= 0.6 is 11.6 Å². The number of aliphatic hydroxyl groups is 1. The lowest BCUT2D eigenvalue weighted by Crippen LogP contribution is -2.46. The molecule has 1 N–H and O–H groups in total. The van der Waals surface area contributed by atoms with Crippen LogP contribution in [0.15, 0.2) is 18.2 Å². The summed E-state index contributed by atoms with van der Waals surface area (Å²) in [6, 6.07) is 5.99. The van der Waals surface area contributed by atoms with Gasteiger partial charge in [-0.3, -0.25) is 0 Å². The van der Waals surface area contributed by atoms with Gasteiger partial charge in [0.2, 0.25) is 0 Å². The fraction of sp³-hybridized carbons (Fsp3) is 0.625. The van der Waals surface area contributed by atoms with Gasteiger partial charge in [-0.2, -0.15) is 0 Å².